The van der Waals surface area contributed by atoms with Crippen LogP contribution in [0.4, 0.5) is 5.82 Å². The molecule has 2 N–H and O–H groups in total. The molecule has 0 bridgehead atoms. The van der Waals surface area contributed by atoms with Crippen molar-refractivity contribution in [2.75, 3.05) is 5.32 Å². The Kier molecular flexibility index (Phi) is 5.89. The molecule has 0 spiro atoms. The maximum atomic E-state index is 12.3. The van der Waals surface area contributed by atoms with E-state index in [0.29, 0.717) is 24.5 Å². The third-order valence-corrected chi connectivity index (χ3v) is 4.24. The number of hydrogen-bond acceptors (Lipinski definition) is 3. The molecular weight excluding hydrogens is 354 g/mol. The summed E-state index contributed by atoms with van der Waals surface area (Å²) in [7, 11) is 0. The highest BCUT2D eigenvalue weighted by molar-refractivity contribution is 5.91. The van der Waals surface area contributed by atoms with E-state index in [1.54, 1.807) is 28.9 Å². The van der Waals surface area contributed by atoms with Crippen molar-refractivity contribution in [3.63, 3.8) is 0 Å². The van der Waals surface area contributed by atoms with Crippen molar-refractivity contribution in [1.82, 2.24) is 9.78 Å². The van der Waals surface area contributed by atoms with E-state index >= 15 is 0 Å². The number of aromatic carboxylic acids is 1. The van der Waals surface area contributed by atoms with Crippen molar-refractivity contribution in [2.45, 2.75) is 26.8 Å². The van der Waals surface area contributed by atoms with Crippen LogP contribution in [0.2, 0.25) is 0 Å². The number of nitrogens with one attached hydrogen (secondary N) is 1. The minimum Gasteiger partial charge on any atom is -0.478 e. The van der Waals surface area contributed by atoms with Gasteiger partial charge in [-0.05, 0) is 23.6 Å². The van der Waals surface area contributed by atoms with E-state index in [2.05, 4.69) is 10.4 Å². The van der Waals surface area contributed by atoms with Gasteiger partial charge in [0.25, 0.3) is 0 Å². The minimum absolute atomic E-state index is 0.0583. The number of carbonyl (C=O) groups is 2. The van der Waals surface area contributed by atoms with Gasteiger partial charge in [0.15, 0.2) is 0 Å². The van der Waals surface area contributed by atoms with Crippen molar-refractivity contribution in [2.24, 2.45) is 5.92 Å². The van der Waals surface area contributed by atoms with Crippen molar-refractivity contribution >= 4 is 17.7 Å². The first-order valence-corrected chi connectivity index (χ1v) is 9.17. The fourth-order valence-electron chi connectivity index (χ4n) is 2.88. The first-order valence-electron chi connectivity index (χ1n) is 9.17. The Balaban J connectivity index is 1.91. The molecule has 0 fully saturated rings. The molecule has 1 amide bonds. The van der Waals surface area contributed by atoms with Gasteiger partial charge in [-0.3, -0.25) is 4.79 Å². The molecule has 6 nitrogen and oxygen atoms in total. The summed E-state index contributed by atoms with van der Waals surface area (Å²) in [5, 5.41) is 16.6. The third-order valence-electron chi connectivity index (χ3n) is 4.24. The molecule has 3 rings (SSSR count). The van der Waals surface area contributed by atoms with Crippen molar-refractivity contribution in [3.8, 4) is 11.3 Å². The van der Waals surface area contributed by atoms with Crippen molar-refractivity contribution in [3.05, 3.63) is 71.8 Å². The van der Waals surface area contributed by atoms with Gasteiger partial charge < -0.3 is 10.4 Å². The molecule has 28 heavy (non-hydrogen) atoms. The molecule has 0 radical (unpaired) electrons. The molecule has 0 aliphatic rings. The summed E-state index contributed by atoms with van der Waals surface area (Å²) in [6.07, 6.45) is 0.430. The molecule has 1 aromatic heterocycles. The standard InChI is InChI=1S/C22H23N3O3/c1-15(2)12-21(26)23-20-13-19(17-8-10-18(11-9-17)22(27)28)24-25(20)14-16-6-4-3-5-7-16/h3-11,13,15H,12,14H2,1-2H3,(H,23,26)(H,27,28). The lowest BCUT2D eigenvalue weighted by Gasteiger charge is -2.10. The van der Waals surface area contributed by atoms with E-state index in [-0.39, 0.29) is 17.4 Å². The van der Waals surface area contributed by atoms with Crippen LogP contribution in [0.25, 0.3) is 11.3 Å². The van der Waals surface area contributed by atoms with Gasteiger partial charge in [-0.2, -0.15) is 5.10 Å². The number of carboxylic acid groups (broad SMARTS) is 1. The van der Waals surface area contributed by atoms with Crippen LogP contribution in [0, 0.1) is 5.92 Å². The zero-order valence-corrected chi connectivity index (χ0v) is 15.9. The maximum absolute atomic E-state index is 12.3. The van der Waals surface area contributed by atoms with Crippen LogP contribution >= 0.6 is 0 Å². The van der Waals surface area contributed by atoms with Crippen LogP contribution in [0.15, 0.2) is 60.7 Å². The SMILES string of the molecule is CC(C)CC(=O)Nc1cc(-c2ccc(C(=O)O)cc2)nn1Cc1ccccc1. The number of rotatable bonds is 7. The second kappa shape index (κ2) is 8.52. The largest absolute Gasteiger partial charge is 0.478 e. The number of anilines is 1. The second-order valence-corrected chi connectivity index (χ2v) is 7.09. The number of hydrogen-bond donors (Lipinski definition) is 2. The average molecular weight is 377 g/mol. The molecule has 0 atom stereocenters. The average Bonchev–Trinajstić information content (AvgIpc) is 3.04. The van der Waals surface area contributed by atoms with Crippen LogP contribution < -0.4 is 5.32 Å². The van der Waals surface area contributed by atoms with E-state index in [9.17, 15) is 9.59 Å². The highest BCUT2D eigenvalue weighted by Gasteiger charge is 2.14. The van der Waals surface area contributed by atoms with Gasteiger partial charge in [0.2, 0.25) is 5.91 Å². The highest BCUT2D eigenvalue weighted by atomic mass is 16.4. The van der Waals surface area contributed by atoms with Gasteiger partial charge in [0.05, 0.1) is 17.8 Å². The lowest BCUT2D eigenvalue weighted by atomic mass is 10.1. The van der Waals surface area contributed by atoms with Gasteiger partial charge in [-0.25, -0.2) is 9.48 Å². The number of carbonyl (C=O) groups excluding carboxylic acids is 1. The van der Waals surface area contributed by atoms with E-state index < -0.39 is 5.97 Å². The lowest BCUT2D eigenvalue weighted by Crippen LogP contribution is -2.17. The summed E-state index contributed by atoms with van der Waals surface area (Å²) in [4.78, 5) is 23.3. The Hall–Kier alpha value is -3.41. The first kappa shape index (κ1) is 19.4. The van der Waals surface area contributed by atoms with Crippen molar-refractivity contribution in [1.29, 1.82) is 0 Å². The number of aromatic nitrogens is 2. The van der Waals surface area contributed by atoms with E-state index in [0.717, 1.165) is 11.1 Å². The summed E-state index contributed by atoms with van der Waals surface area (Å²) >= 11 is 0. The van der Waals surface area contributed by atoms with Gasteiger partial charge in [-0.15, -0.1) is 0 Å². The van der Waals surface area contributed by atoms with Crippen LogP contribution in [0.5, 0.6) is 0 Å². The monoisotopic (exact) mass is 377 g/mol. The number of benzene rings is 2. The molecule has 0 aliphatic carbocycles. The molecule has 2 aromatic carbocycles. The maximum Gasteiger partial charge on any atom is 0.335 e. The molecule has 0 aliphatic heterocycles. The summed E-state index contributed by atoms with van der Waals surface area (Å²) in [6, 6.07) is 18.2. The molecule has 0 unspecified atom stereocenters. The summed E-state index contributed by atoms with van der Waals surface area (Å²) < 4.78 is 1.76. The third kappa shape index (κ3) is 4.85. The second-order valence-electron chi connectivity index (χ2n) is 7.09. The van der Waals surface area contributed by atoms with Crippen molar-refractivity contribution < 1.29 is 14.7 Å². The van der Waals surface area contributed by atoms with Gasteiger partial charge >= 0.3 is 5.97 Å². The molecule has 3 aromatic rings. The van der Waals surface area contributed by atoms with Gasteiger partial charge in [0, 0.05) is 18.1 Å². The lowest BCUT2D eigenvalue weighted by molar-refractivity contribution is -0.116. The summed E-state index contributed by atoms with van der Waals surface area (Å²) in [5.74, 6) is -0.153. The predicted molar refractivity (Wildman–Crippen MR) is 108 cm³/mol. The zero-order chi connectivity index (χ0) is 20.1. The summed E-state index contributed by atoms with van der Waals surface area (Å²) in [5.41, 5.74) is 2.75. The number of nitrogens with zero attached hydrogens (tertiary/aromatic N) is 2. The van der Waals surface area contributed by atoms with E-state index in [1.807, 2.05) is 50.2 Å². The Bertz CT molecular complexity index is 960. The fraction of sp³-hybridized carbons (Fsp3) is 0.227. The Morgan fingerprint density at radius 2 is 1.75 bits per heavy atom. The molecule has 0 saturated carbocycles. The van der Waals surface area contributed by atoms with Crippen LogP contribution in [0.1, 0.15) is 36.2 Å². The molecule has 6 heteroatoms. The van der Waals surface area contributed by atoms with Gasteiger partial charge in [-0.1, -0.05) is 56.3 Å². The van der Waals surface area contributed by atoms with E-state index in [1.165, 1.54) is 0 Å². The molecule has 0 saturated heterocycles. The predicted octanol–water partition coefficient (Wildman–Crippen LogP) is 4.28. The van der Waals surface area contributed by atoms with Crippen LogP contribution in [-0.2, 0) is 11.3 Å². The fourth-order valence-corrected chi connectivity index (χ4v) is 2.88. The number of carboxylic acids is 1. The van der Waals surface area contributed by atoms with Crippen LogP contribution in [0.3, 0.4) is 0 Å². The highest BCUT2D eigenvalue weighted by Crippen LogP contribution is 2.24. The first-order chi connectivity index (χ1) is 13.4. The zero-order valence-electron chi connectivity index (χ0n) is 15.9. The Morgan fingerprint density at radius 3 is 2.36 bits per heavy atom. The van der Waals surface area contributed by atoms with E-state index in [4.69, 9.17) is 5.11 Å². The Morgan fingerprint density at radius 1 is 1.07 bits per heavy atom. The molecular formula is C22H23N3O3. The molecule has 1 heterocycles. The smallest absolute Gasteiger partial charge is 0.335 e. The molecule has 144 valence electrons. The topological polar surface area (TPSA) is 84.2 Å². The minimum atomic E-state index is -0.970. The number of amides is 1. The van der Waals surface area contributed by atoms with Gasteiger partial charge in [0.1, 0.15) is 5.82 Å². The quantitative estimate of drug-likeness (QED) is 0.644. The normalized spacial score (nSPS) is 10.8. The Labute approximate surface area is 163 Å². The van der Waals surface area contributed by atoms with Crippen LogP contribution in [-0.4, -0.2) is 26.8 Å². The summed E-state index contributed by atoms with van der Waals surface area (Å²) in [6.45, 7) is 4.51.